The molecule has 4 saturated carbocycles. The van der Waals surface area contributed by atoms with Crippen LogP contribution >= 0.6 is 0 Å². The zero-order chi connectivity index (χ0) is 21.0. The predicted octanol–water partition coefficient (Wildman–Crippen LogP) is 2.32. The largest absolute Gasteiger partial charge is 0.481 e. The number of ether oxygens (including phenoxy) is 1. The highest BCUT2D eigenvalue weighted by Gasteiger charge is 2.88. The monoisotopic (exact) mass is 430 g/mol. The van der Waals surface area contributed by atoms with E-state index in [1.807, 2.05) is 0 Å². The molecule has 0 heterocycles. The van der Waals surface area contributed by atoms with Gasteiger partial charge in [-0.25, -0.2) is 0 Å². The van der Waals surface area contributed by atoms with Crippen LogP contribution in [0.2, 0.25) is 0 Å². The van der Waals surface area contributed by atoms with Gasteiger partial charge < -0.3 is 9.84 Å². The first-order valence-electron chi connectivity index (χ1n) is 8.79. The third-order valence-corrected chi connectivity index (χ3v) is 8.63. The maximum absolute atomic E-state index is 13.5. The van der Waals surface area contributed by atoms with Crippen LogP contribution in [0.4, 0.5) is 17.6 Å². The molecule has 0 aromatic heterocycles. The molecule has 0 aromatic carbocycles. The Balaban J connectivity index is 1.41. The Labute approximate surface area is 157 Å². The van der Waals surface area contributed by atoms with E-state index in [0.717, 1.165) is 0 Å². The molecule has 0 saturated heterocycles. The molecule has 0 aliphatic heterocycles. The van der Waals surface area contributed by atoms with Crippen molar-refractivity contribution in [2.75, 3.05) is 6.61 Å². The average Bonchev–Trinajstić information content (AvgIpc) is 3.01. The minimum atomic E-state index is -6.34. The summed E-state index contributed by atoms with van der Waals surface area (Å²) in [5, 5.41) is 3.84. The van der Waals surface area contributed by atoms with Crippen LogP contribution < -0.4 is 0 Å². The van der Waals surface area contributed by atoms with E-state index >= 15 is 0 Å². The smallest absolute Gasteiger partial charge is 0.431 e. The molecule has 4 fully saturated rings. The zero-order valence-electron chi connectivity index (χ0n) is 14.5. The predicted molar refractivity (Wildman–Crippen MR) is 82.0 cm³/mol. The summed E-state index contributed by atoms with van der Waals surface area (Å²) in [6.45, 7) is -1.14. The lowest BCUT2D eigenvalue weighted by atomic mass is 9.30. The van der Waals surface area contributed by atoms with E-state index in [2.05, 4.69) is 0 Å². The number of rotatable bonds is 7. The molecule has 0 amide bonds. The first-order valence-corrected chi connectivity index (χ1v) is 10.2. The normalized spacial score (nSPS) is 41.0. The second kappa shape index (κ2) is 5.18. The Kier molecular flexibility index (Phi) is 3.68. The molecule has 2 N–H and O–H groups in total. The summed E-state index contributed by atoms with van der Waals surface area (Å²) in [5.74, 6) is -6.75. The number of aliphatic carboxylic acids is 1. The van der Waals surface area contributed by atoms with Crippen molar-refractivity contribution in [3.05, 3.63) is 0 Å². The Morgan fingerprint density at radius 2 is 1.61 bits per heavy atom. The van der Waals surface area contributed by atoms with Crippen molar-refractivity contribution in [1.29, 1.82) is 0 Å². The first-order chi connectivity index (χ1) is 12.7. The molecule has 4 rings (SSSR count). The van der Waals surface area contributed by atoms with Gasteiger partial charge in [0.15, 0.2) is 0 Å². The molecule has 0 aromatic rings. The molecular formula is C16H18F4O7S. The van der Waals surface area contributed by atoms with Crippen molar-refractivity contribution in [3.8, 4) is 0 Å². The number of halogens is 4. The number of carbonyl (C=O) groups is 2. The summed E-state index contributed by atoms with van der Waals surface area (Å²) in [7, 11) is -6.34. The van der Waals surface area contributed by atoms with Gasteiger partial charge in [-0.05, 0) is 49.4 Å². The molecule has 158 valence electrons. The minimum absolute atomic E-state index is 0.0500. The maximum Gasteiger partial charge on any atom is 0.431 e. The lowest BCUT2D eigenvalue weighted by molar-refractivity contribution is -0.266. The van der Waals surface area contributed by atoms with Crippen molar-refractivity contribution in [3.63, 3.8) is 0 Å². The van der Waals surface area contributed by atoms with E-state index in [9.17, 15) is 40.7 Å². The highest BCUT2D eigenvalue weighted by Crippen LogP contribution is 2.89. The fourth-order valence-corrected chi connectivity index (χ4v) is 7.05. The second-order valence-electron chi connectivity index (χ2n) is 8.68. The van der Waals surface area contributed by atoms with Gasteiger partial charge in [0, 0.05) is 0 Å². The van der Waals surface area contributed by atoms with Crippen LogP contribution in [0.25, 0.3) is 0 Å². The number of hydrogen-bond donors (Lipinski definition) is 2. The minimum Gasteiger partial charge on any atom is -0.481 e. The fraction of sp³-hybridized carbons (Fsp3) is 0.875. The number of carboxylic acids is 1. The van der Waals surface area contributed by atoms with Crippen molar-refractivity contribution >= 4 is 22.1 Å². The van der Waals surface area contributed by atoms with Gasteiger partial charge in [-0.1, -0.05) is 0 Å². The number of esters is 1. The third-order valence-electron chi connectivity index (χ3n) is 7.69. The van der Waals surface area contributed by atoms with Crippen LogP contribution in [-0.4, -0.2) is 47.8 Å². The van der Waals surface area contributed by atoms with Gasteiger partial charge in [0.1, 0.15) is 0 Å². The standard InChI is InChI=1S/C16H18F4O7S/c17-15(18,16(19,20)28(24,25)26)1-2-27-11(23)13-5-8-3-12(10(21)22)4-9(6-13)14(8,13)7-12/h8-9H,1-7H2,(H,21,22)(H,24,25,26). The van der Waals surface area contributed by atoms with Crippen LogP contribution in [-0.2, 0) is 24.4 Å². The van der Waals surface area contributed by atoms with Gasteiger partial charge >= 0.3 is 33.2 Å². The number of fused-ring (bicyclic) bond motifs is 1. The van der Waals surface area contributed by atoms with E-state index in [1.165, 1.54) is 0 Å². The van der Waals surface area contributed by atoms with Crippen LogP contribution in [0.3, 0.4) is 0 Å². The zero-order valence-corrected chi connectivity index (χ0v) is 15.3. The van der Waals surface area contributed by atoms with Crippen LogP contribution in [0, 0.1) is 28.1 Å². The van der Waals surface area contributed by atoms with E-state index in [4.69, 9.17) is 9.29 Å². The number of alkyl halides is 4. The van der Waals surface area contributed by atoms with Crippen LogP contribution in [0.5, 0.6) is 0 Å². The van der Waals surface area contributed by atoms with Crippen molar-refractivity contribution in [2.45, 2.75) is 49.7 Å². The van der Waals surface area contributed by atoms with Crippen molar-refractivity contribution < 1.29 is 50.0 Å². The van der Waals surface area contributed by atoms with E-state index < -0.39 is 62.5 Å². The number of carbonyl (C=O) groups excluding carboxylic acids is 1. The van der Waals surface area contributed by atoms with Gasteiger partial charge in [-0.3, -0.25) is 14.1 Å². The van der Waals surface area contributed by atoms with Gasteiger partial charge in [-0.2, -0.15) is 26.0 Å². The van der Waals surface area contributed by atoms with Gasteiger partial charge in [0.25, 0.3) is 0 Å². The molecular weight excluding hydrogens is 412 g/mol. The summed E-state index contributed by atoms with van der Waals surface area (Å²) in [6, 6.07) is 0. The Morgan fingerprint density at radius 1 is 1.07 bits per heavy atom. The molecule has 0 radical (unpaired) electrons. The summed E-state index contributed by atoms with van der Waals surface area (Å²) < 4.78 is 87.4. The molecule has 1 spiro atoms. The lowest BCUT2D eigenvalue weighted by Gasteiger charge is -2.72. The maximum atomic E-state index is 13.5. The molecule has 2 bridgehead atoms. The lowest BCUT2D eigenvalue weighted by Crippen LogP contribution is -2.71. The average molecular weight is 430 g/mol. The molecule has 7 nitrogen and oxygen atoms in total. The summed E-state index contributed by atoms with van der Waals surface area (Å²) in [6.07, 6.45) is 0.250. The summed E-state index contributed by atoms with van der Waals surface area (Å²) >= 11 is 0. The SMILES string of the molecule is O=C(O)C12CC3CC4(C(=O)OCCC(F)(F)C(F)(F)S(=O)(=O)O)CC(C1)C34C2. The second-order valence-corrected chi connectivity index (χ2v) is 10.1. The molecule has 4 aliphatic rings. The highest BCUT2D eigenvalue weighted by atomic mass is 32.2. The molecule has 28 heavy (non-hydrogen) atoms. The Hall–Kier alpha value is -1.43. The number of carboxylic acid groups (broad SMARTS) is 1. The van der Waals surface area contributed by atoms with Crippen LogP contribution in [0.1, 0.15) is 38.5 Å². The van der Waals surface area contributed by atoms with Crippen molar-refractivity contribution in [2.24, 2.45) is 28.1 Å². The molecule has 12 heteroatoms. The van der Waals surface area contributed by atoms with E-state index in [0.29, 0.717) is 32.1 Å². The van der Waals surface area contributed by atoms with Gasteiger partial charge in [-0.15, -0.1) is 0 Å². The highest BCUT2D eigenvalue weighted by molar-refractivity contribution is 7.87. The van der Waals surface area contributed by atoms with Gasteiger partial charge in [0.2, 0.25) is 0 Å². The van der Waals surface area contributed by atoms with Crippen LogP contribution in [0.15, 0.2) is 0 Å². The third kappa shape index (κ3) is 2.00. The molecule has 2 atom stereocenters. The van der Waals surface area contributed by atoms with E-state index in [-0.39, 0.29) is 11.8 Å². The topological polar surface area (TPSA) is 118 Å². The van der Waals surface area contributed by atoms with E-state index in [1.54, 1.807) is 0 Å². The summed E-state index contributed by atoms with van der Waals surface area (Å²) in [5.41, 5.74) is -2.33. The fourth-order valence-electron chi connectivity index (χ4n) is 6.57. The Bertz CT molecular complexity index is 852. The Morgan fingerprint density at radius 3 is 2.07 bits per heavy atom. The first kappa shape index (κ1) is 19.9. The number of hydrogen-bond acceptors (Lipinski definition) is 5. The summed E-state index contributed by atoms with van der Waals surface area (Å²) in [4.78, 5) is 24.2. The molecule has 4 aliphatic carbocycles. The van der Waals surface area contributed by atoms with Crippen molar-refractivity contribution in [1.82, 2.24) is 0 Å². The quantitative estimate of drug-likeness (QED) is 0.362. The molecule has 2 unspecified atom stereocenters. The van der Waals surface area contributed by atoms with Gasteiger partial charge in [0.05, 0.1) is 23.9 Å².